The number of nitrogens with one attached hydrogen (secondary N) is 1. The number of hydrogen-bond acceptors (Lipinski definition) is 3. The zero-order chi connectivity index (χ0) is 13.9. The smallest absolute Gasteiger partial charge is 0.307 e. The molecule has 1 aromatic rings. The third-order valence-corrected chi connectivity index (χ3v) is 2.63. The monoisotopic (exact) mass is 278 g/mol. The van der Waals surface area contributed by atoms with Gasteiger partial charge in [0.1, 0.15) is 5.82 Å². The molecule has 0 aliphatic rings. The highest BCUT2D eigenvalue weighted by Gasteiger charge is 2.21. The summed E-state index contributed by atoms with van der Waals surface area (Å²) in [7, 11) is 0. The minimum absolute atomic E-state index is 0.0107. The van der Waals surface area contributed by atoms with Gasteiger partial charge in [-0.25, -0.2) is 4.39 Å². The first-order chi connectivity index (χ1) is 8.36. The lowest BCUT2D eigenvalue weighted by Crippen LogP contribution is -2.22. The van der Waals surface area contributed by atoms with E-state index in [0.717, 1.165) is 0 Å². The number of alkyl halides is 1. The van der Waals surface area contributed by atoms with Gasteiger partial charge in [-0.2, -0.15) is 4.39 Å². The predicted octanol–water partition coefficient (Wildman–Crippen LogP) is 2.69. The van der Waals surface area contributed by atoms with Gasteiger partial charge >= 0.3 is 5.69 Å². The van der Waals surface area contributed by atoms with Gasteiger partial charge in [-0.3, -0.25) is 14.9 Å². The van der Waals surface area contributed by atoms with Crippen LogP contribution in [0.3, 0.4) is 0 Å². The minimum atomic E-state index is -1.30. The molecular weight excluding hydrogens is 270 g/mol. The molecule has 1 aromatic carbocycles. The van der Waals surface area contributed by atoms with Crippen LogP contribution >= 0.6 is 11.6 Å². The van der Waals surface area contributed by atoms with Crippen LogP contribution in [-0.2, 0) is 4.79 Å². The third kappa shape index (κ3) is 3.13. The molecule has 1 amide bonds. The number of nitro groups is 1. The van der Waals surface area contributed by atoms with Gasteiger partial charge in [0.2, 0.25) is 11.7 Å². The molecule has 0 bridgehead atoms. The van der Waals surface area contributed by atoms with E-state index < -0.39 is 39.8 Å². The molecule has 0 aliphatic carbocycles. The number of rotatable bonds is 4. The first kappa shape index (κ1) is 14.3. The number of benzene rings is 1. The molecule has 0 aliphatic heterocycles. The molecule has 0 fully saturated rings. The molecule has 0 radical (unpaired) electrons. The second-order valence-corrected chi connectivity index (χ2v) is 3.89. The lowest BCUT2D eigenvalue weighted by atomic mass is 10.2. The van der Waals surface area contributed by atoms with E-state index in [0.29, 0.717) is 12.1 Å². The van der Waals surface area contributed by atoms with Gasteiger partial charge in [-0.05, 0) is 0 Å². The standard InChI is InChI=1S/C10H9ClF2N2O3/c1-5(4-11)10(16)14-8-3-9(15(17)18)7(13)2-6(8)12/h2-3,5H,4H2,1H3,(H,14,16). The SMILES string of the molecule is CC(CCl)C(=O)Nc1cc([N+](=O)[O-])c(F)cc1F. The molecule has 1 N–H and O–H groups in total. The van der Waals surface area contributed by atoms with Crippen molar-refractivity contribution in [3.8, 4) is 0 Å². The van der Waals surface area contributed by atoms with Gasteiger partial charge in [0.25, 0.3) is 0 Å². The van der Waals surface area contributed by atoms with Crippen molar-refractivity contribution in [3.63, 3.8) is 0 Å². The average Bonchev–Trinajstić information content (AvgIpc) is 2.30. The molecule has 0 spiro atoms. The first-order valence-corrected chi connectivity index (χ1v) is 5.40. The number of carbonyl (C=O) groups excluding carboxylic acids is 1. The van der Waals surface area contributed by atoms with Crippen LogP contribution in [0.15, 0.2) is 12.1 Å². The number of nitrogens with zero attached hydrogens (tertiary/aromatic N) is 1. The summed E-state index contributed by atoms with van der Waals surface area (Å²) in [6.07, 6.45) is 0. The van der Waals surface area contributed by atoms with Crippen molar-refractivity contribution in [1.82, 2.24) is 0 Å². The summed E-state index contributed by atoms with van der Waals surface area (Å²) in [5.41, 5.74) is -1.37. The van der Waals surface area contributed by atoms with Gasteiger partial charge in [0, 0.05) is 23.9 Å². The van der Waals surface area contributed by atoms with Crippen LogP contribution in [0.5, 0.6) is 0 Å². The van der Waals surface area contributed by atoms with E-state index in [2.05, 4.69) is 5.32 Å². The van der Waals surface area contributed by atoms with Crippen LogP contribution < -0.4 is 5.32 Å². The number of hydrogen-bond donors (Lipinski definition) is 1. The molecule has 18 heavy (non-hydrogen) atoms. The zero-order valence-electron chi connectivity index (χ0n) is 9.25. The molecule has 1 atom stereocenters. The van der Waals surface area contributed by atoms with Gasteiger partial charge in [0.05, 0.1) is 10.6 Å². The van der Waals surface area contributed by atoms with Crippen molar-refractivity contribution < 1.29 is 18.5 Å². The van der Waals surface area contributed by atoms with Crippen molar-refractivity contribution in [1.29, 1.82) is 0 Å². The van der Waals surface area contributed by atoms with Crippen LogP contribution in [0.4, 0.5) is 20.2 Å². The molecule has 5 nitrogen and oxygen atoms in total. The Morgan fingerprint density at radius 2 is 2.11 bits per heavy atom. The summed E-state index contributed by atoms with van der Waals surface area (Å²) in [5.74, 6) is -3.59. The number of nitro benzene ring substituents is 1. The van der Waals surface area contributed by atoms with Crippen LogP contribution in [0.1, 0.15) is 6.92 Å². The van der Waals surface area contributed by atoms with E-state index in [1.165, 1.54) is 6.92 Å². The topological polar surface area (TPSA) is 72.2 Å². The molecule has 8 heteroatoms. The maximum Gasteiger partial charge on any atom is 0.307 e. The number of carbonyl (C=O) groups is 1. The highest BCUT2D eigenvalue weighted by Crippen LogP contribution is 2.25. The summed E-state index contributed by atoms with van der Waals surface area (Å²) in [5, 5.41) is 12.6. The lowest BCUT2D eigenvalue weighted by Gasteiger charge is -2.10. The van der Waals surface area contributed by atoms with Crippen LogP contribution in [0.2, 0.25) is 0 Å². The molecule has 0 aromatic heterocycles. The molecular formula is C10H9ClF2N2O3. The van der Waals surface area contributed by atoms with E-state index in [-0.39, 0.29) is 5.88 Å². The Bertz CT molecular complexity index is 496. The molecule has 98 valence electrons. The Kier molecular flexibility index (Phi) is 4.55. The first-order valence-electron chi connectivity index (χ1n) is 4.87. The highest BCUT2D eigenvalue weighted by atomic mass is 35.5. The Morgan fingerprint density at radius 1 is 1.50 bits per heavy atom. The molecule has 1 unspecified atom stereocenters. The van der Waals surface area contributed by atoms with E-state index in [1.807, 2.05) is 0 Å². The summed E-state index contributed by atoms with van der Waals surface area (Å²) in [4.78, 5) is 20.9. The maximum absolute atomic E-state index is 13.3. The molecule has 0 saturated heterocycles. The number of amides is 1. The fraction of sp³-hybridized carbons (Fsp3) is 0.300. The second-order valence-electron chi connectivity index (χ2n) is 3.59. The van der Waals surface area contributed by atoms with Gasteiger partial charge in [-0.15, -0.1) is 11.6 Å². The molecule has 1 rings (SSSR count). The summed E-state index contributed by atoms with van der Waals surface area (Å²) < 4.78 is 26.3. The average molecular weight is 279 g/mol. The normalized spacial score (nSPS) is 12.0. The van der Waals surface area contributed by atoms with Crippen molar-refractivity contribution in [2.45, 2.75) is 6.92 Å². The van der Waals surface area contributed by atoms with Crippen molar-refractivity contribution in [2.24, 2.45) is 5.92 Å². The highest BCUT2D eigenvalue weighted by molar-refractivity contribution is 6.19. The predicted molar refractivity (Wildman–Crippen MR) is 61.5 cm³/mol. The van der Waals surface area contributed by atoms with Gasteiger partial charge < -0.3 is 5.32 Å². The van der Waals surface area contributed by atoms with E-state index in [4.69, 9.17) is 11.6 Å². The lowest BCUT2D eigenvalue weighted by molar-refractivity contribution is -0.387. The van der Waals surface area contributed by atoms with E-state index in [9.17, 15) is 23.7 Å². The van der Waals surface area contributed by atoms with Crippen LogP contribution in [0, 0.1) is 27.7 Å². The summed E-state index contributed by atoms with van der Waals surface area (Å²) in [6.45, 7) is 1.50. The Morgan fingerprint density at radius 3 is 2.61 bits per heavy atom. The third-order valence-electron chi connectivity index (χ3n) is 2.17. The Labute approximate surface area is 106 Å². The van der Waals surface area contributed by atoms with Gasteiger partial charge in [0.15, 0.2) is 0 Å². The number of halogens is 3. The fourth-order valence-electron chi connectivity index (χ4n) is 1.10. The molecule has 0 saturated carbocycles. The largest absolute Gasteiger partial charge is 0.323 e. The molecule has 0 heterocycles. The zero-order valence-corrected chi connectivity index (χ0v) is 10.0. The summed E-state index contributed by atoms with van der Waals surface area (Å²) in [6, 6.07) is 0.975. The minimum Gasteiger partial charge on any atom is -0.323 e. The van der Waals surface area contributed by atoms with Crippen molar-refractivity contribution in [2.75, 3.05) is 11.2 Å². The maximum atomic E-state index is 13.3. The Hall–Kier alpha value is -1.76. The summed E-state index contributed by atoms with van der Waals surface area (Å²) >= 11 is 5.44. The van der Waals surface area contributed by atoms with Crippen molar-refractivity contribution >= 4 is 28.9 Å². The van der Waals surface area contributed by atoms with Crippen LogP contribution in [0.25, 0.3) is 0 Å². The van der Waals surface area contributed by atoms with E-state index in [1.54, 1.807) is 0 Å². The quantitative estimate of drug-likeness (QED) is 0.523. The fourth-order valence-corrected chi connectivity index (χ4v) is 1.24. The van der Waals surface area contributed by atoms with E-state index >= 15 is 0 Å². The van der Waals surface area contributed by atoms with Crippen LogP contribution in [-0.4, -0.2) is 16.7 Å². The van der Waals surface area contributed by atoms with Gasteiger partial charge in [-0.1, -0.05) is 6.92 Å². The number of anilines is 1. The van der Waals surface area contributed by atoms with Crippen molar-refractivity contribution in [3.05, 3.63) is 33.9 Å². The second kappa shape index (κ2) is 5.72. The Balaban J connectivity index is 3.06.